The van der Waals surface area contributed by atoms with Gasteiger partial charge in [-0.3, -0.25) is 9.98 Å². The zero-order valence-electron chi connectivity index (χ0n) is 13.3. The Bertz CT molecular complexity index is 593. The van der Waals surface area contributed by atoms with Crippen molar-refractivity contribution in [2.75, 3.05) is 13.6 Å². The summed E-state index contributed by atoms with van der Waals surface area (Å²) in [6, 6.07) is 14.4. The predicted molar refractivity (Wildman–Crippen MR) is 92.8 cm³/mol. The van der Waals surface area contributed by atoms with Crippen molar-refractivity contribution in [2.24, 2.45) is 4.99 Å². The third kappa shape index (κ3) is 4.88. The van der Waals surface area contributed by atoms with Crippen molar-refractivity contribution >= 4 is 5.96 Å². The monoisotopic (exact) mass is 296 g/mol. The molecule has 1 aromatic heterocycles. The first-order chi connectivity index (χ1) is 10.8. The van der Waals surface area contributed by atoms with E-state index < -0.39 is 0 Å². The summed E-state index contributed by atoms with van der Waals surface area (Å²) in [5, 5.41) is 6.66. The standard InChI is InChI=1S/C18H24N4/c1-3-4-11-21-18(19-2)22-14-15-8-7-9-16(13-15)17-10-5-6-12-20-17/h5-10,12-13H,3-4,11,14H2,1-2H3,(H2,19,21,22). The van der Waals surface area contributed by atoms with Crippen LogP contribution in [0.4, 0.5) is 0 Å². The molecule has 1 aromatic carbocycles. The van der Waals surface area contributed by atoms with Crippen LogP contribution < -0.4 is 10.6 Å². The number of unbranched alkanes of at least 4 members (excludes halogenated alkanes) is 1. The van der Waals surface area contributed by atoms with E-state index in [2.05, 4.69) is 51.8 Å². The number of aromatic nitrogens is 1. The lowest BCUT2D eigenvalue weighted by Gasteiger charge is -2.12. The van der Waals surface area contributed by atoms with Gasteiger partial charge in [0.15, 0.2) is 5.96 Å². The molecule has 0 amide bonds. The minimum atomic E-state index is 0.743. The molecule has 0 saturated carbocycles. The molecule has 2 aromatic rings. The second-order valence-corrected chi connectivity index (χ2v) is 5.12. The maximum absolute atomic E-state index is 4.39. The fraction of sp³-hybridized carbons (Fsp3) is 0.333. The van der Waals surface area contributed by atoms with Crippen LogP contribution in [0.3, 0.4) is 0 Å². The van der Waals surface area contributed by atoms with Crippen molar-refractivity contribution in [1.29, 1.82) is 0 Å². The first-order valence-corrected chi connectivity index (χ1v) is 7.78. The molecule has 22 heavy (non-hydrogen) atoms. The van der Waals surface area contributed by atoms with E-state index in [1.165, 1.54) is 12.0 Å². The molecule has 1 heterocycles. The lowest BCUT2D eigenvalue weighted by molar-refractivity contribution is 0.729. The highest BCUT2D eigenvalue weighted by atomic mass is 15.2. The Kier molecular flexibility index (Phi) is 6.42. The van der Waals surface area contributed by atoms with Gasteiger partial charge < -0.3 is 10.6 Å². The van der Waals surface area contributed by atoms with Crippen LogP contribution in [0.15, 0.2) is 53.7 Å². The van der Waals surface area contributed by atoms with E-state index in [-0.39, 0.29) is 0 Å². The molecular formula is C18H24N4. The fourth-order valence-corrected chi connectivity index (χ4v) is 2.16. The molecule has 0 fully saturated rings. The average molecular weight is 296 g/mol. The molecule has 116 valence electrons. The van der Waals surface area contributed by atoms with Crippen molar-refractivity contribution in [3.63, 3.8) is 0 Å². The van der Waals surface area contributed by atoms with Gasteiger partial charge in [0.25, 0.3) is 0 Å². The number of hydrogen-bond acceptors (Lipinski definition) is 2. The lowest BCUT2D eigenvalue weighted by atomic mass is 10.1. The molecule has 0 atom stereocenters. The maximum Gasteiger partial charge on any atom is 0.191 e. The SMILES string of the molecule is CCCCNC(=NC)NCc1cccc(-c2ccccn2)c1. The van der Waals surface area contributed by atoms with Crippen LogP contribution in [0, 0.1) is 0 Å². The van der Waals surface area contributed by atoms with Gasteiger partial charge in [0.2, 0.25) is 0 Å². The first-order valence-electron chi connectivity index (χ1n) is 7.78. The third-order valence-electron chi connectivity index (χ3n) is 3.39. The number of aliphatic imine (C=N–C) groups is 1. The highest BCUT2D eigenvalue weighted by Gasteiger charge is 2.01. The largest absolute Gasteiger partial charge is 0.356 e. The smallest absolute Gasteiger partial charge is 0.191 e. The van der Waals surface area contributed by atoms with Crippen LogP contribution in [0.1, 0.15) is 25.3 Å². The van der Waals surface area contributed by atoms with Crippen LogP contribution >= 0.6 is 0 Å². The molecule has 4 heteroatoms. The van der Waals surface area contributed by atoms with Crippen molar-refractivity contribution < 1.29 is 0 Å². The number of benzene rings is 1. The Balaban J connectivity index is 1.96. The Labute approximate surface area is 132 Å². The van der Waals surface area contributed by atoms with E-state index in [4.69, 9.17) is 0 Å². The van der Waals surface area contributed by atoms with E-state index in [0.717, 1.165) is 36.7 Å². The van der Waals surface area contributed by atoms with Gasteiger partial charge in [-0.25, -0.2) is 0 Å². The van der Waals surface area contributed by atoms with Gasteiger partial charge in [-0.2, -0.15) is 0 Å². The first kappa shape index (κ1) is 16.0. The van der Waals surface area contributed by atoms with Gasteiger partial charge >= 0.3 is 0 Å². The van der Waals surface area contributed by atoms with Crippen molar-refractivity contribution in [1.82, 2.24) is 15.6 Å². The number of hydrogen-bond donors (Lipinski definition) is 2. The number of nitrogens with one attached hydrogen (secondary N) is 2. The van der Waals surface area contributed by atoms with Gasteiger partial charge in [0, 0.05) is 31.9 Å². The molecule has 0 aliphatic heterocycles. The van der Waals surface area contributed by atoms with Crippen LogP contribution in [0.25, 0.3) is 11.3 Å². The van der Waals surface area contributed by atoms with Gasteiger partial charge in [-0.05, 0) is 30.2 Å². The molecule has 2 rings (SSSR count). The van der Waals surface area contributed by atoms with E-state index in [1.54, 1.807) is 7.05 Å². The lowest BCUT2D eigenvalue weighted by Crippen LogP contribution is -2.37. The number of nitrogens with zero attached hydrogens (tertiary/aromatic N) is 2. The van der Waals surface area contributed by atoms with E-state index in [0.29, 0.717) is 0 Å². The Morgan fingerprint density at radius 2 is 2.05 bits per heavy atom. The van der Waals surface area contributed by atoms with Crippen LogP contribution in [-0.4, -0.2) is 24.5 Å². The minimum Gasteiger partial charge on any atom is -0.356 e. The Morgan fingerprint density at radius 1 is 1.14 bits per heavy atom. The molecule has 0 unspecified atom stereocenters. The summed E-state index contributed by atoms with van der Waals surface area (Å²) in [5.41, 5.74) is 3.34. The van der Waals surface area contributed by atoms with E-state index >= 15 is 0 Å². The molecule has 0 aliphatic carbocycles. The summed E-state index contributed by atoms with van der Waals surface area (Å²) >= 11 is 0. The van der Waals surface area contributed by atoms with Gasteiger partial charge in [-0.1, -0.05) is 37.6 Å². The van der Waals surface area contributed by atoms with Crippen LogP contribution in [0.2, 0.25) is 0 Å². The average Bonchev–Trinajstić information content (AvgIpc) is 2.59. The summed E-state index contributed by atoms with van der Waals surface area (Å²) in [7, 11) is 1.80. The second-order valence-electron chi connectivity index (χ2n) is 5.12. The maximum atomic E-state index is 4.39. The quantitative estimate of drug-likeness (QED) is 0.489. The molecule has 4 nitrogen and oxygen atoms in total. The highest BCUT2D eigenvalue weighted by molar-refractivity contribution is 5.79. The predicted octanol–water partition coefficient (Wildman–Crippen LogP) is 3.21. The Morgan fingerprint density at radius 3 is 2.77 bits per heavy atom. The summed E-state index contributed by atoms with van der Waals surface area (Å²) < 4.78 is 0. The molecule has 0 bridgehead atoms. The van der Waals surface area contributed by atoms with Crippen LogP contribution in [-0.2, 0) is 6.54 Å². The second kappa shape index (κ2) is 8.82. The van der Waals surface area contributed by atoms with Crippen LogP contribution in [0.5, 0.6) is 0 Å². The normalized spacial score (nSPS) is 11.3. The zero-order valence-corrected chi connectivity index (χ0v) is 13.3. The molecule has 0 radical (unpaired) electrons. The van der Waals surface area contributed by atoms with E-state index in [1.807, 2.05) is 24.4 Å². The van der Waals surface area contributed by atoms with Crippen molar-refractivity contribution in [2.45, 2.75) is 26.3 Å². The fourth-order valence-electron chi connectivity index (χ4n) is 2.16. The molecule has 0 saturated heterocycles. The molecule has 0 spiro atoms. The zero-order chi connectivity index (χ0) is 15.6. The topological polar surface area (TPSA) is 49.3 Å². The molecule has 0 aliphatic rings. The minimum absolute atomic E-state index is 0.743. The van der Waals surface area contributed by atoms with Crippen molar-refractivity contribution in [3.8, 4) is 11.3 Å². The Hall–Kier alpha value is -2.36. The summed E-state index contributed by atoms with van der Waals surface area (Å²) in [5.74, 6) is 0.844. The summed E-state index contributed by atoms with van der Waals surface area (Å²) in [6.45, 7) is 3.87. The number of rotatable bonds is 6. The van der Waals surface area contributed by atoms with Crippen molar-refractivity contribution in [3.05, 3.63) is 54.2 Å². The summed E-state index contributed by atoms with van der Waals surface area (Å²) in [6.07, 6.45) is 4.14. The number of pyridine rings is 1. The third-order valence-corrected chi connectivity index (χ3v) is 3.39. The van der Waals surface area contributed by atoms with Gasteiger partial charge in [0.1, 0.15) is 0 Å². The molecule has 2 N–H and O–H groups in total. The summed E-state index contributed by atoms with van der Waals surface area (Å²) in [4.78, 5) is 8.63. The van der Waals surface area contributed by atoms with E-state index in [9.17, 15) is 0 Å². The molecular weight excluding hydrogens is 272 g/mol. The van der Waals surface area contributed by atoms with Gasteiger partial charge in [-0.15, -0.1) is 0 Å². The number of guanidine groups is 1. The van der Waals surface area contributed by atoms with Gasteiger partial charge in [0.05, 0.1) is 5.69 Å². The highest BCUT2D eigenvalue weighted by Crippen LogP contribution is 2.17.